The average molecular weight is 442 g/mol. The van der Waals surface area contributed by atoms with Crippen LogP contribution in [0.4, 0.5) is 5.69 Å². The Morgan fingerprint density at radius 3 is 2.63 bits per heavy atom. The van der Waals surface area contributed by atoms with Gasteiger partial charge in [0.25, 0.3) is 5.69 Å². The lowest BCUT2D eigenvalue weighted by molar-refractivity contribution is -0.385. The quantitative estimate of drug-likeness (QED) is 0.150. The van der Waals surface area contributed by atoms with Crippen molar-refractivity contribution >= 4 is 27.6 Å². The highest BCUT2D eigenvalue weighted by Gasteiger charge is 2.27. The largest absolute Gasteiger partial charge is 0.466 e. The molecule has 11 nitrogen and oxygen atoms in total. The fraction of sp³-hybridized carbons (Fsp3) is 0.556. The van der Waals surface area contributed by atoms with Gasteiger partial charge in [0.1, 0.15) is 0 Å². The number of hydrogen-bond acceptors (Lipinski definition) is 7. The van der Waals surface area contributed by atoms with E-state index >= 15 is 0 Å². The number of carbonyl (C=O) groups excluding carboxylic acids is 1. The number of benzene rings is 1. The maximum Gasteiger partial charge on any atom is 0.309 e. The van der Waals surface area contributed by atoms with Crippen molar-refractivity contribution in [2.75, 3.05) is 39.8 Å². The van der Waals surface area contributed by atoms with Gasteiger partial charge < -0.3 is 15.0 Å². The van der Waals surface area contributed by atoms with Gasteiger partial charge in [0, 0.05) is 45.4 Å². The van der Waals surface area contributed by atoms with E-state index in [0.29, 0.717) is 38.5 Å². The SMILES string of the molecule is CCOC(=O)C1CCN(C(=NC)NCCNS(=O)(=O)c2cccc([N+](=O)[O-])c2)CC1. The highest BCUT2D eigenvalue weighted by atomic mass is 32.2. The van der Waals surface area contributed by atoms with Crippen molar-refractivity contribution in [3.63, 3.8) is 0 Å². The summed E-state index contributed by atoms with van der Waals surface area (Å²) in [4.78, 5) is 28.1. The Kier molecular flexibility index (Phi) is 8.54. The second-order valence-electron chi connectivity index (χ2n) is 6.64. The van der Waals surface area contributed by atoms with Crippen LogP contribution in [0.2, 0.25) is 0 Å². The van der Waals surface area contributed by atoms with Crippen LogP contribution in [0.1, 0.15) is 19.8 Å². The Bertz CT molecular complexity index is 881. The summed E-state index contributed by atoms with van der Waals surface area (Å²) in [6.07, 6.45) is 1.33. The van der Waals surface area contributed by atoms with Gasteiger partial charge in [0.15, 0.2) is 5.96 Å². The number of nitro benzene ring substituents is 1. The number of piperidine rings is 1. The molecule has 0 bridgehead atoms. The fourth-order valence-corrected chi connectivity index (χ4v) is 4.20. The molecule has 1 saturated heterocycles. The monoisotopic (exact) mass is 441 g/mol. The number of nitrogens with one attached hydrogen (secondary N) is 2. The van der Waals surface area contributed by atoms with E-state index in [-0.39, 0.29) is 35.6 Å². The van der Waals surface area contributed by atoms with Gasteiger partial charge in [-0.1, -0.05) is 6.07 Å². The van der Waals surface area contributed by atoms with Crippen molar-refractivity contribution in [2.45, 2.75) is 24.7 Å². The first kappa shape index (κ1) is 23.5. The molecule has 1 aromatic carbocycles. The van der Waals surface area contributed by atoms with Crippen LogP contribution < -0.4 is 10.0 Å². The van der Waals surface area contributed by atoms with Gasteiger partial charge >= 0.3 is 5.97 Å². The second kappa shape index (κ2) is 10.9. The minimum absolute atomic E-state index is 0.0728. The number of ether oxygens (including phenoxy) is 1. The van der Waals surface area contributed by atoms with Crippen LogP contribution in [-0.2, 0) is 19.6 Å². The molecule has 30 heavy (non-hydrogen) atoms. The maximum absolute atomic E-state index is 12.3. The molecule has 166 valence electrons. The molecule has 1 aliphatic heterocycles. The van der Waals surface area contributed by atoms with Gasteiger partial charge in [0.05, 0.1) is 22.3 Å². The Hall–Kier alpha value is -2.73. The number of non-ortho nitro benzene ring substituents is 1. The van der Waals surface area contributed by atoms with E-state index in [2.05, 4.69) is 15.0 Å². The number of nitro groups is 1. The summed E-state index contributed by atoms with van der Waals surface area (Å²) in [6.45, 7) is 3.79. The van der Waals surface area contributed by atoms with Crippen LogP contribution in [0.5, 0.6) is 0 Å². The van der Waals surface area contributed by atoms with Crippen molar-refractivity contribution in [1.29, 1.82) is 0 Å². The summed E-state index contributed by atoms with van der Waals surface area (Å²) in [7, 11) is -2.24. The van der Waals surface area contributed by atoms with E-state index in [1.807, 2.05) is 4.90 Å². The Morgan fingerprint density at radius 2 is 2.03 bits per heavy atom. The third kappa shape index (κ3) is 6.39. The lowest BCUT2D eigenvalue weighted by atomic mass is 9.97. The van der Waals surface area contributed by atoms with Crippen LogP contribution in [0.15, 0.2) is 34.2 Å². The van der Waals surface area contributed by atoms with Crippen molar-refractivity contribution in [3.05, 3.63) is 34.4 Å². The van der Waals surface area contributed by atoms with E-state index in [1.165, 1.54) is 18.2 Å². The topological polar surface area (TPSA) is 143 Å². The van der Waals surface area contributed by atoms with Gasteiger partial charge in [-0.05, 0) is 25.8 Å². The molecule has 1 fully saturated rings. The number of hydrogen-bond donors (Lipinski definition) is 2. The molecule has 0 aromatic heterocycles. The minimum atomic E-state index is -3.87. The normalized spacial score (nSPS) is 15.7. The second-order valence-corrected chi connectivity index (χ2v) is 8.41. The summed E-state index contributed by atoms with van der Waals surface area (Å²) < 4.78 is 32.1. The number of nitrogens with zero attached hydrogens (tertiary/aromatic N) is 3. The van der Waals surface area contributed by atoms with Crippen molar-refractivity contribution < 1.29 is 22.9 Å². The number of likely N-dealkylation sites (tertiary alicyclic amines) is 1. The molecule has 0 aliphatic carbocycles. The molecule has 0 unspecified atom stereocenters. The molecular formula is C18H27N5O6S. The first-order chi connectivity index (χ1) is 14.3. The fourth-order valence-electron chi connectivity index (χ4n) is 3.13. The molecule has 2 N–H and O–H groups in total. The summed E-state index contributed by atoms with van der Waals surface area (Å²) in [5.74, 6) is 0.337. The van der Waals surface area contributed by atoms with Gasteiger partial charge in [0.2, 0.25) is 10.0 Å². The Balaban J connectivity index is 1.82. The summed E-state index contributed by atoms with van der Waals surface area (Å²) in [6, 6.07) is 4.88. The zero-order chi connectivity index (χ0) is 22.1. The standard InChI is InChI=1S/C18H27N5O6S/c1-3-29-17(24)14-7-11-22(12-8-14)18(19-2)20-9-10-21-30(27,28)16-6-4-5-15(13-16)23(25)26/h4-6,13-14,21H,3,7-12H2,1-2H3,(H,19,20). The van der Waals surface area contributed by atoms with Gasteiger partial charge in [-0.25, -0.2) is 13.1 Å². The molecule has 0 saturated carbocycles. The molecule has 12 heteroatoms. The lowest BCUT2D eigenvalue weighted by Gasteiger charge is -2.33. The summed E-state index contributed by atoms with van der Waals surface area (Å²) in [5.41, 5.74) is -0.289. The van der Waals surface area contributed by atoms with Crippen LogP contribution in [0, 0.1) is 16.0 Å². The number of rotatable bonds is 8. The predicted molar refractivity (Wildman–Crippen MR) is 111 cm³/mol. The lowest BCUT2D eigenvalue weighted by Crippen LogP contribution is -2.48. The molecule has 1 heterocycles. The van der Waals surface area contributed by atoms with Gasteiger partial charge in [-0.15, -0.1) is 0 Å². The molecule has 0 radical (unpaired) electrons. The molecule has 2 rings (SSSR count). The zero-order valence-electron chi connectivity index (χ0n) is 17.0. The van der Waals surface area contributed by atoms with Crippen LogP contribution >= 0.6 is 0 Å². The molecule has 0 atom stereocenters. The zero-order valence-corrected chi connectivity index (χ0v) is 17.9. The van der Waals surface area contributed by atoms with E-state index in [0.717, 1.165) is 6.07 Å². The number of guanidine groups is 1. The average Bonchev–Trinajstić information content (AvgIpc) is 2.74. The smallest absolute Gasteiger partial charge is 0.309 e. The van der Waals surface area contributed by atoms with E-state index in [1.54, 1.807) is 14.0 Å². The number of carbonyl (C=O) groups is 1. The van der Waals surface area contributed by atoms with Crippen molar-refractivity contribution in [1.82, 2.24) is 14.9 Å². The first-order valence-electron chi connectivity index (χ1n) is 9.64. The summed E-state index contributed by atoms with van der Waals surface area (Å²) in [5, 5.41) is 13.9. The first-order valence-corrected chi connectivity index (χ1v) is 11.1. The number of aliphatic imine (C=N–C) groups is 1. The third-order valence-electron chi connectivity index (χ3n) is 4.67. The maximum atomic E-state index is 12.3. The number of esters is 1. The van der Waals surface area contributed by atoms with Crippen molar-refractivity contribution in [2.24, 2.45) is 10.9 Å². The van der Waals surface area contributed by atoms with E-state index < -0.39 is 14.9 Å². The molecule has 1 aliphatic rings. The van der Waals surface area contributed by atoms with E-state index in [4.69, 9.17) is 4.74 Å². The predicted octanol–water partition coefficient (Wildman–Crippen LogP) is 0.724. The van der Waals surface area contributed by atoms with Crippen LogP contribution in [0.3, 0.4) is 0 Å². The van der Waals surface area contributed by atoms with Crippen LogP contribution in [0.25, 0.3) is 0 Å². The number of sulfonamides is 1. The highest BCUT2D eigenvalue weighted by Crippen LogP contribution is 2.19. The van der Waals surface area contributed by atoms with E-state index in [9.17, 15) is 23.3 Å². The Morgan fingerprint density at radius 1 is 1.33 bits per heavy atom. The third-order valence-corrected chi connectivity index (χ3v) is 6.12. The molecular weight excluding hydrogens is 414 g/mol. The van der Waals surface area contributed by atoms with Crippen LogP contribution in [-0.4, -0.2) is 70.0 Å². The molecule has 0 spiro atoms. The molecule has 1 aromatic rings. The Labute approximate surface area is 175 Å². The van der Waals surface area contributed by atoms with Gasteiger partial charge in [-0.3, -0.25) is 19.9 Å². The highest BCUT2D eigenvalue weighted by molar-refractivity contribution is 7.89. The summed E-state index contributed by atoms with van der Waals surface area (Å²) >= 11 is 0. The van der Waals surface area contributed by atoms with Gasteiger partial charge in [-0.2, -0.15) is 0 Å². The molecule has 0 amide bonds. The minimum Gasteiger partial charge on any atom is -0.466 e. The van der Waals surface area contributed by atoms with Crippen molar-refractivity contribution in [3.8, 4) is 0 Å².